The molecule has 28 heavy (non-hydrogen) atoms. The summed E-state index contributed by atoms with van der Waals surface area (Å²) >= 11 is 0. The molecule has 0 atom stereocenters. The van der Waals surface area contributed by atoms with E-state index in [1.807, 2.05) is 13.8 Å². The molecule has 2 aromatic carbocycles. The molecule has 0 aliphatic heterocycles. The van der Waals surface area contributed by atoms with Gasteiger partial charge in [-0.15, -0.1) is 0 Å². The van der Waals surface area contributed by atoms with Crippen LogP contribution in [0.4, 0.5) is 14.5 Å². The fourth-order valence-corrected chi connectivity index (χ4v) is 2.57. The number of amides is 1. The first-order valence-electron chi connectivity index (χ1n) is 8.71. The zero-order chi connectivity index (χ0) is 20.8. The Kier molecular flexibility index (Phi) is 6.87. The van der Waals surface area contributed by atoms with Gasteiger partial charge < -0.3 is 15.7 Å². The van der Waals surface area contributed by atoms with Crippen LogP contribution in [-0.4, -0.2) is 29.6 Å². The second-order valence-electron chi connectivity index (χ2n) is 6.63. The van der Waals surface area contributed by atoms with Crippen molar-refractivity contribution < 1.29 is 23.5 Å². The number of carboxylic acids is 1. The number of anilines is 1. The lowest BCUT2D eigenvalue weighted by molar-refractivity contribution is -0.137. The molecular weight excluding hydrogens is 366 g/mol. The summed E-state index contributed by atoms with van der Waals surface area (Å²) in [7, 11) is 0. The van der Waals surface area contributed by atoms with E-state index in [2.05, 4.69) is 10.6 Å². The molecule has 2 aromatic rings. The van der Waals surface area contributed by atoms with Crippen LogP contribution in [0.25, 0.3) is 17.2 Å². The molecule has 0 radical (unpaired) electrons. The normalized spacial score (nSPS) is 11.4. The lowest BCUT2D eigenvalue weighted by Gasteiger charge is -2.11. The van der Waals surface area contributed by atoms with Crippen LogP contribution in [0, 0.1) is 11.6 Å². The van der Waals surface area contributed by atoms with Crippen molar-refractivity contribution >= 4 is 23.6 Å². The van der Waals surface area contributed by atoms with Crippen molar-refractivity contribution in [2.24, 2.45) is 0 Å². The topological polar surface area (TPSA) is 78.4 Å². The number of carbonyl (C=O) groups excluding carboxylic acids is 1. The van der Waals surface area contributed by atoms with Crippen molar-refractivity contribution in [1.29, 1.82) is 0 Å². The van der Waals surface area contributed by atoms with Gasteiger partial charge >= 0.3 is 5.97 Å². The first-order valence-corrected chi connectivity index (χ1v) is 8.71. The molecule has 0 saturated carbocycles. The summed E-state index contributed by atoms with van der Waals surface area (Å²) in [5.41, 5.74) is 1.48. The molecule has 5 nitrogen and oxygen atoms in total. The van der Waals surface area contributed by atoms with E-state index in [1.165, 1.54) is 13.0 Å². The van der Waals surface area contributed by atoms with Crippen LogP contribution in [-0.2, 0) is 9.59 Å². The number of hydrogen-bond donors (Lipinski definition) is 3. The molecule has 0 saturated heterocycles. The number of carbonyl (C=O) groups is 2. The minimum absolute atomic E-state index is 0.0661. The van der Waals surface area contributed by atoms with Crippen LogP contribution in [0.15, 0.2) is 42.0 Å². The Morgan fingerprint density at radius 3 is 2.32 bits per heavy atom. The molecule has 0 aliphatic rings. The van der Waals surface area contributed by atoms with Gasteiger partial charge in [0.2, 0.25) is 5.91 Å². The molecule has 7 heteroatoms. The maximum Gasteiger partial charge on any atom is 0.322 e. The van der Waals surface area contributed by atoms with Crippen LogP contribution in [0.5, 0.6) is 0 Å². The van der Waals surface area contributed by atoms with E-state index < -0.39 is 30.1 Å². The average molecular weight is 388 g/mol. The molecule has 0 heterocycles. The summed E-state index contributed by atoms with van der Waals surface area (Å²) in [6.07, 6.45) is 1.18. The molecule has 0 aromatic heterocycles. The molecular formula is C21H22F2N2O3. The number of carboxylic acid groups (broad SMARTS) is 1. The maximum atomic E-state index is 14.5. The Hall–Kier alpha value is -3.22. The number of hydrogen-bond acceptors (Lipinski definition) is 3. The van der Waals surface area contributed by atoms with E-state index in [-0.39, 0.29) is 22.7 Å². The van der Waals surface area contributed by atoms with Gasteiger partial charge in [0.25, 0.3) is 0 Å². The molecule has 2 rings (SSSR count). The number of aliphatic carboxylic acids is 1. The van der Waals surface area contributed by atoms with Gasteiger partial charge in [-0.05, 0) is 56.7 Å². The second-order valence-corrected chi connectivity index (χ2v) is 6.63. The van der Waals surface area contributed by atoms with Crippen molar-refractivity contribution in [1.82, 2.24) is 5.32 Å². The van der Waals surface area contributed by atoms with Gasteiger partial charge in [-0.25, -0.2) is 8.78 Å². The van der Waals surface area contributed by atoms with E-state index in [4.69, 9.17) is 5.11 Å². The number of rotatable bonds is 7. The summed E-state index contributed by atoms with van der Waals surface area (Å²) in [4.78, 5) is 22.3. The van der Waals surface area contributed by atoms with Crippen molar-refractivity contribution in [3.05, 3.63) is 59.2 Å². The summed E-state index contributed by atoms with van der Waals surface area (Å²) in [6.45, 7) is 4.84. The SMILES string of the molecule is C/C(=C\c1cc(F)c(-c2ccc(NC(C)C)cc2)cc1F)C(=O)NCC(=O)O. The van der Waals surface area contributed by atoms with Gasteiger partial charge in [-0.1, -0.05) is 12.1 Å². The Labute approximate surface area is 162 Å². The van der Waals surface area contributed by atoms with Gasteiger partial charge in [0.15, 0.2) is 0 Å². The molecule has 0 aliphatic carbocycles. The first kappa shape index (κ1) is 21.1. The van der Waals surface area contributed by atoms with Crippen LogP contribution >= 0.6 is 0 Å². The summed E-state index contributed by atoms with van der Waals surface area (Å²) in [5.74, 6) is -3.18. The molecule has 3 N–H and O–H groups in total. The Balaban J connectivity index is 2.26. The Morgan fingerprint density at radius 2 is 1.75 bits per heavy atom. The zero-order valence-corrected chi connectivity index (χ0v) is 15.8. The quantitative estimate of drug-likeness (QED) is 0.625. The average Bonchev–Trinajstić information content (AvgIpc) is 2.62. The minimum Gasteiger partial charge on any atom is -0.480 e. The lowest BCUT2D eigenvalue weighted by atomic mass is 10.0. The van der Waals surface area contributed by atoms with Crippen molar-refractivity contribution in [3.63, 3.8) is 0 Å². The summed E-state index contributed by atoms with van der Waals surface area (Å²) < 4.78 is 29.0. The summed E-state index contributed by atoms with van der Waals surface area (Å²) in [6, 6.07) is 9.31. The third kappa shape index (κ3) is 5.64. The van der Waals surface area contributed by atoms with Gasteiger partial charge in [-0.2, -0.15) is 0 Å². The predicted molar refractivity (Wildman–Crippen MR) is 105 cm³/mol. The van der Waals surface area contributed by atoms with Crippen molar-refractivity contribution in [2.75, 3.05) is 11.9 Å². The maximum absolute atomic E-state index is 14.5. The monoisotopic (exact) mass is 388 g/mol. The lowest BCUT2D eigenvalue weighted by Crippen LogP contribution is -2.29. The van der Waals surface area contributed by atoms with Crippen LogP contribution < -0.4 is 10.6 Å². The predicted octanol–water partition coefficient (Wildman–Crippen LogP) is 4.06. The molecule has 148 valence electrons. The number of nitrogens with one attached hydrogen (secondary N) is 2. The largest absolute Gasteiger partial charge is 0.480 e. The van der Waals surface area contributed by atoms with E-state index in [0.717, 1.165) is 17.8 Å². The van der Waals surface area contributed by atoms with E-state index >= 15 is 0 Å². The highest BCUT2D eigenvalue weighted by atomic mass is 19.1. The first-order chi connectivity index (χ1) is 13.2. The van der Waals surface area contributed by atoms with Crippen molar-refractivity contribution in [2.45, 2.75) is 26.8 Å². The molecule has 0 bridgehead atoms. The molecule has 0 fully saturated rings. The summed E-state index contributed by atoms with van der Waals surface area (Å²) in [5, 5.41) is 13.9. The van der Waals surface area contributed by atoms with Gasteiger partial charge in [0.1, 0.15) is 18.2 Å². The van der Waals surface area contributed by atoms with E-state index in [0.29, 0.717) is 5.56 Å². The van der Waals surface area contributed by atoms with Gasteiger partial charge in [0, 0.05) is 28.4 Å². The Bertz CT molecular complexity index is 907. The van der Waals surface area contributed by atoms with Crippen LogP contribution in [0.2, 0.25) is 0 Å². The highest BCUT2D eigenvalue weighted by molar-refractivity contribution is 5.98. The highest BCUT2D eigenvalue weighted by Crippen LogP contribution is 2.28. The van der Waals surface area contributed by atoms with Gasteiger partial charge in [0.05, 0.1) is 0 Å². The van der Waals surface area contributed by atoms with Gasteiger partial charge in [-0.3, -0.25) is 9.59 Å². The number of benzene rings is 2. The second kappa shape index (κ2) is 9.12. The molecule has 0 spiro atoms. The Morgan fingerprint density at radius 1 is 1.11 bits per heavy atom. The third-order valence-electron chi connectivity index (χ3n) is 3.87. The zero-order valence-electron chi connectivity index (χ0n) is 15.8. The smallest absolute Gasteiger partial charge is 0.322 e. The number of halogens is 2. The van der Waals surface area contributed by atoms with Crippen LogP contribution in [0.3, 0.4) is 0 Å². The third-order valence-corrected chi connectivity index (χ3v) is 3.87. The minimum atomic E-state index is -1.20. The molecule has 1 amide bonds. The highest BCUT2D eigenvalue weighted by Gasteiger charge is 2.13. The molecule has 0 unspecified atom stereocenters. The fourth-order valence-electron chi connectivity index (χ4n) is 2.57. The van der Waals surface area contributed by atoms with E-state index in [1.54, 1.807) is 24.3 Å². The van der Waals surface area contributed by atoms with E-state index in [9.17, 15) is 18.4 Å². The van der Waals surface area contributed by atoms with Crippen LogP contribution in [0.1, 0.15) is 26.3 Å². The fraction of sp³-hybridized carbons (Fsp3) is 0.238. The van der Waals surface area contributed by atoms with Crippen molar-refractivity contribution in [3.8, 4) is 11.1 Å². The standard InChI is InChI=1S/C21H22F2N2O3/c1-12(2)25-16-6-4-14(5-7-16)17-10-18(22)15(9-19(17)23)8-13(3)21(28)24-11-20(26)27/h4-10,12,25H,11H2,1-3H3,(H,24,28)(H,26,27)/b13-8+.